The van der Waals surface area contributed by atoms with Crippen LogP contribution in [0.2, 0.25) is 5.15 Å². The molecule has 2 aromatic heterocycles. The van der Waals surface area contributed by atoms with Crippen molar-refractivity contribution in [3.63, 3.8) is 0 Å². The third kappa shape index (κ3) is 5.43. The third-order valence-electron chi connectivity index (χ3n) is 5.03. The van der Waals surface area contributed by atoms with Gasteiger partial charge in [0, 0.05) is 11.1 Å². The maximum absolute atomic E-state index is 12.9. The SMILES string of the molecule is CCOC(=O)c1c(NC(=O)C(CC)OC(=O)c2cccnc2Cl)sc2c1CCCCC2. The van der Waals surface area contributed by atoms with E-state index in [9.17, 15) is 14.4 Å². The Morgan fingerprint density at radius 1 is 1.19 bits per heavy atom. The highest BCUT2D eigenvalue weighted by Crippen LogP contribution is 2.38. The first kappa shape index (κ1) is 23.2. The molecule has 31 heavy (non-hydrogen) atoms. The van der Waals surface area contributed by atoms with E-state index in [0.29, 0.717) is 10.6 Å². The Morgan fingerprint density at radius 3 is 2.68 bits per heavy atom. The van der Waals surface area contributed by atoms with Gasteiger partial charge in [0.15, 0.2) is 6.10 Å². The van der Waals surface area contributed by atoms with Gasteiger partial charge in [-0.2, -0.15) is 0 Å². The molecule has 2 heterocycles. The zero-order valence-corrected chi connectivity index (χ0v) is 19.1. The molecule has 1 aliphatic carbocycles. The van der Waals surface area contributed by atoms with Gasteiger partial charge < -0.3 is 14.8 Å². The fourth-order valence-corrected chi connectivity index (χ4v) is 4.97. The van der Waals surface area contributed by atoms with Gasteiger partial charge in [0.05, 0.1) is 17.7 Å². The number of aromatic nitrogens is 1. The number of anilines is 1. The summed E-state index contributed by atoms with van der Waals surface area (Å²) in [6, 6.07) is 3.05. The summed E-state index contributed by atoms with van der Waals surface area (Å²) in [7, 11) is 0. The lowest BCUT2D eigenvalue weighted by atomic mass is 10.1. The summed E-state index contributed by atoms with van der Waals surface area (Å²) in [4.78, 5) is 43.0. The van der Waals surface area contributed by atoms with E-state index >= 15 is 0 Å². The van der Waals surface area contributed by atoms with E-state index in [1.165, 1.54) is 23.6 Å². The number of rotatable bonds is 7. The van der Waals surface area contributed by atoms with Gasteiger partial charge >= 0.3 is 11.9 Å². The minimum Gasteiger partial charge on any atom is -0.462 e. The van der Waals surface area contributed by atoms with E-state index in [1.54, 1.807) is 19.9 Å². The standard InChI is InChI=1S/C22H25ClN2O5S/c1-3-15(30-21(27)14-10-8-12-24-18(14)23)19(26)25-20-17(22(28)29-4-2)13-9-6-5-7-11-16(13)31-20/h8,10,12,15H,3-7,9,11H2,1-2H3,(H,25,26). The Morgan fingerprint density at radius 2 is 1.97 bits per heavy atom. The van der Waals surface area contributed by atoms with Crippen LogP contribution in [0.1, 0.15) is 70.7 Å². The summed E-state index contributed by atoms with van der Waals surface area (Å²) in [6.45, 7) is 3.73. The molecule has 1 aliphatic rings. The van der Waals surface area contributed by atoms with E-state index in [1.807, 2.05) is 0 Å². The number of esters is 2. The molecule has 0 saturated heterocycles. The van der Waals surface area contributed by atoms with Crippen LogP contribution in [0.15, 0.2) is 18.3 Å². The quantitative estimate of drug-likeness (QED) is 0.358. The molecule has 166 valence electrons. The molecule has 0 aliphatic heterocycles. The zero-order chi connectivity index (χ0) is 22.4. The number of pyridine rings is 1. The monoisotopic (exact) mass is 464 g/mol. The Bertz CT molecular complexity index is 975. The summed E-state index contributed by atoms with van der Waals surface area (Å²) in [5.41, 5.74) is 1.47. The van der Waals surface area contributed by atoms with E-state index in [0.717, 1.165) is 42.5 Å². The number of amides is 1. The number of nitrogens with one attached hydrogen (secondary N) is 1. The van der Waals surface area contributed by atoms with Crippen LogP contribution in [0.5, 0.6) is 0 Å². The molecular weight excluding hydrogens is 440 g/mol. The first-order chi connectivity index (χ1) is 15.0. The fourth-order valence-electron chi connectivity index (χ4n) is 3.50. The molecular formula is C22H25ClN2O5S. The Balaban J connectivity index is 1.81. The highest BCUT2D eigenvalue weighted by molar-refractivity contribution is 7.17. The van der Waals surface area contributed by atoms with Gasteiger partial charge in [-0.05, 0) is 56.7 Å². The van der Waals surface area contributed by atoms with Crippen LogP contribution in [-0.2, 0) is 27.1 Å². The molecule has 9 heteroatoms. The summed E-state index contributed by atoms with van der Waals surface area (Å²) >= 11 is 7.35. The largest absolute Gasteiger partial charge is 0.462 e. The first-order valence-electron chi connectivity index (χ1n) is 10.4. The molecule has 3 rings (SSSR count). The fraction of sp³-hybridized carbons (Fsp3) is 0.455. The third-order valence-corrected chi connectivity index (χ3v) is 6.54. The van der Waals surface area contributed by atoms with E-state index < -0.39 is 23.9 Å². The van der Waals surface area contributed by atoms with Gasteiger partial charge in [-0.1, -0.05) is 24.9 Å². The van der Waals surface area contributed by atoms with Gasteiger partial charge in [0.2, 0.25) is 0 Å². The van der Waals surface area contributed by atoms with Gasteiger partial charge in [-0.3, -0.25) is 4.79 Å². The molecule has 0 saturated carbocycles. The summed E-state index contributed by atoms with van der Waals surface area (Å²) in [5, 5.41) is 3.26. The van der Waals surface area contributed by atoms with Crippen LogP contribution in [0.25, 0.3) is 0 Å². The Kier molecular flexibility index (Phi) is 8.03. The van der Waals surface area contributed by atoms with Gasteiger partial charge in [-0.25, -0.2) is 14.6 Å². The van der Waals surface area contributed by atoms with Crippen molar-refractivity contribution in [1.82, 2.24) is 4.98 Å². The minimum atomic E-state index is -1.04. The summed E-state index contributed by atoms with van der Waals surface area (Å²) in [6.07, 6.45) is 5.47. The maximum Gasteiger partial charge on any atom is 0.342 e. The van der Waals surface area contributed by atoms with Crippen LogP contribution in [0.3, 0.4) is 0 Å². The number of hydrogen-bond acceptors (Lipinski definition) is 7. The van der Waals surface area contributed by atoms with Gasteiger partial charge in [0.25, 0.3) is 5.91 Å². The van der Waals surface area contributed by atoms with Crippen molar-refractivity contribution >= 4 is 45.8 Å². The maximum atomic E-state index is 12.9. The number of halogens is 1. The normalized spacial score (nSPS) is 14.2. The number of carbonyl (C=O) groups excluding carboxylic acids is 3. The number of nitrogens with zero attached hydrogens (tertiary/aromatic N) is 1. The van der Waals surface area contributed by atoms with Crippen LogP contribution < -0.4 is 5.32 Å². The van der Waals surface area contributed by atoms with E-state index in [2.05, 4.69) is 10.3 Å². The lowest BCUT2D eigenvalue weighted by Crippen LogP contribution is -2.32. The van der Waals surface area contributed by atoms with Gasteiger partial charge in [0.1, 0.15) is 10.2 Å². The van der Waals surface area contributed by atoms with Crippen LogP contribution in [0, 0.1) is 0 Å². The van der Waals surface area contributed by atoms with Crippen molar-refractivity contribution in [3.05, 3.63) is 45.1 Å². The second-order valence-corrected chi connectivity index (χ2v) is 8.59. The van der Waals surface area contributed by atoms with Crippen molar-refractivity contribution in [3.8, 4) is 0 Å². The van der Waals surface area contributed by atoms with Crippen molar-refractivity contribution in [2.75, 3.05) is 11.9 Å². The Hall–Kier alpha value is -2.45. The van der Waals surface area contributed by atoms with Crippen LogP contribution in [-0.4, -0.2) is 35.5 Å². The number of aryl methyl sites for hydroxylation is 1. The molecule has 1 N–H and O–H groups in total. The van der Waals surface area contributed by atoms with Crippen molar-refractivity contribution < 1.29 is 23.9 Å². The van der Waals surface area contributed by atoms with Crippen LogP contribution >= 0.6 is 22.9 Å². The molecule has 0 aromatic carbocycles. The first-order valence-corrected chi connectivity index (χ1v) is 11.6. The van der Waals surface area contributed by atoms with E-state index in [4.69, 9.17) is 21.1 Å². The molecule has 2 aromatic rings. The topological polar surface area (TPSA) is 94.6 Å². The number of carbonyl (C=O) groups is 3. The van der Waals surface area contributed by atoms with Crippen LogP contribution in [0.4, 0.5) is 5.00 Å². The average Bonchev–Trinajstić information content (AvgIpc) is 2.92. The molecule has 0 fully saturated rings. The second-order valence-electron chi connectivity index (χ2n) is 7.12. The molecule has 0 radical (unpaired) electrons. The number of ether oxygens (including phenoxy) is 2. The lowest BCUT2D eigenvalue weighted by molar-refractivity contribution is -0.124. The molecule has 1 atom stereocenters. The minimum absolute atomic E-state index is 0.00866. The molecule has 0 bridgehead atoms. The predicted octanol–water partition coefficient (Wildman–Crippen LogP) is 4.82. The van der Waals surface area contributed by atoms with Crippen molar-refractivity contribution in [2.45, 2.75) is 58.5 Å². The van der Waals surface area contributed by atoms with E-state index in [-0.39, 0.29) is 23.7 Å². The molecule has 7 nitrogen and oxygen atoms in total. The highest BCUT2D eigenvalue weighted by atomic mass is 35.5. The smallest absolute Gasteiger partial charge is 0.342 e. The highest BCUT2D eigenvalue weighted by Gasteiger charge is 2.29. The Labute approximate surface area is 190 Å². The van der Waals surface area contributed by atoms with Crippen molar-refractivity contribution in [1.29, 1.82) is 0 Å². The summed E-state index contributed by atoms with van der Waals surface area (Å²) in [5.74, 6) is -1.67. The lowest BCUT2D eigenvalue weighted by Gasteiger charge is -2.16. The summed E-state index contributed by atoms with van der Waals surface area (Å²) < 4.78 is 10.6. The number of thiophene rings is 1. The second kappa shape index (κ2) is 10.7. The number of hydrogen-bond donors (Lipinski definition) is 1. The zero-order valence-electron chi connectivity index (χ0n) is 17.5. The number of fused-ring (bicyclic) bond motifs is 1. The van der Waals surface area contributed by atoms with Gasteiger partial charge in [-0.15, -0.1) is 11.3 Å². The molecule has 1 amide bonds. The average molecular weight is 465 g/mol. The molecule has 1 unspecified atom stereocenters. The van der Waals surface area contributed by atoms with Crippen molar-refractivity contribution in [2.24, 2.45) is 0 Å². The molecule has 0 spiro atoms. The predicted molar refractivity (Wildman–Crippen MR) is 119 cm³/mol.